The van der Waals surface area contributed by atoms with Crippen molar-refractivity contribution >= 4 is 14.8 Å². The summed E-state index contributed by atoms with van der Waals surface area (Å²) in [6.07, 6.45) is -0.974. The number of nitrogens with one attached hydrogen (secondary N) is 2. The van der Waals surface area contributed by atoms with E-state index < -0.39 is 79.7 Å². The Morgan fingerprint density at radius 2 is 1.21 bits per heavy atom. The highest BCUT2D eigenvalue weighted by molar-refractivity contribution is 7.41. The molecule has 1 unspecified atom stereocenters. The first kappa shape index (κ1) is 49.5. The highest BCUT2D eigenvalue weighted by Gasteiger charge is 2.46. The van der Waals surface area contributed by atoms with E-state index in [0.717, 1.165) is 16.7 Å². The summed E-state index contributed by atoms with van der Waals surface area (Å²) in [5.41, 5.74) is -0.923. The van der Waals surface area contributed by atoms with Gasteiger partial charge in [0, 0.05) is 36.4 Å². The van der Waals surface area contributed by atoms with Crippen LogP contribution in [0.25, 0.3) is 0 Å². The number of methoxy groups -OCH3 is 2. The van der Waals surface area contributed by atoms with Crippen molar-refractivity contribution in [3.05, 3.63) is 186 Å². The SMILES string of the molecule is C=CCOC(=O)O[C@H]1C[C@H](n2cc(C)c(=O)[nH]c2=O)O[C@@H]1COP(OCC=C)O[C@H]1C[C@H](n2cc(C)c(=O)[nH]c2=O)O[C@@H]1COC(c1ccccc1)(c1ccc(OC)cc1)c1ccc(OC)cc1. The summed E-state index contributed by atoms with van der Waals surface area (Å²) in [5.74, 6) is 1.28. The number of nitrogens with zero attached hydrogens (tertiary/aromatic N) is 2. The second-order valence-electron chi connectivity index (χ2n) is 15.8. The van der Waals surface area contributed by atoms with Gasteiger partial charge in [-0.05, 0) is 54.8 Å². The van der Waals surface area contributed by atoms with Crippen LogP contribution in [0, 0.1) is 13.8 Å². The van der Waals surface area contributed by atoms with Crippen LogP contribution in [0.3, 0.4) is 0 Å². The molecule has 4 heterocycles. The van der Waals surface area contributed by atoms with E-state index in [1.807, 2.05) is 78.9 Å². The lowest BCUT2D eigenvalue weighted by atomic mass is 9.80. The van der Waals surface area contributed by atoms with Gasteiger partial charge in [0.05, 0.1) is 40.1 Å². The van der Waals surface area contributed by atoms with Gasteiger partial charge < -0.3 is 46.7 Å². The molecular formula is C48H53N4O15P. The smallest absolute Gasteiger partial charge is 0.497 e. The van der Waals surface area contributed by atoms with Crippen LogP contribution in [0.1, 0.15) is 53.1 Å². The number of carbonyl (C=O) groups excluding carboxylic acids is 1. The molecule has 3 aromatic carbocycles. The Morgan fingerprint density at radius 3 is 1.72 bits per heavy atom. The number of hydrogen-bond acceptors (Lipinski definition) is 15. The van der Waals surface area contributed by atoms with Crippen molar-refractivity contribution in [1.82, 2.24) is 19.1 Å². The van der Waals surface area contributed by atoms with E-state index in [2.05, 4.69) is 23.1 Å². The van der Waals surface area contributed by atoms with Crippen molar-refractivity contribution in [1.29, 1.82) is 0 Å². The summed E-state index contributed by atoms with van der Waals surface area (Å²) >= 11 is 0. The number of aromatic amines is 2. The maximum absolute atomic E-state index is 13.3. The van der Waals surface area contributed by atoms with Gasteiger partial charge in [0.15, 0.2) is 0 Å². The van der Waals surface area contributed by atoms with Gasteiger partial charge in [-0.3, -0.25) is 28.7 Å². The van der Waals surface area contributed by atoms with Gasteiger partial charge in [-0.25, -0.2) is 14.4 Å². The molecule has 0 radical (unpaired) electrons. The largest absolute Gasteiger partial charge is 0.508 e. The van der Waals surface area contributed by atoms with Gasteiger partial charge >= 0.3 is 26.1 Å². The lowest BCUT2D eigenvalue weighted by Crippen LogP contribution is -2.38. The van der Waals surface area contributed by atoms with E-state index in [4.69, 9.17) is 46.7 Å². The topological polar surface area (TPSA) is 219 Å². The molecule has 2 aliphatic heterocycles. The van der Waals surface area contributed by atoms with Crippen molar-refractivity contribution in [2.75, 3.05) is 40.6 Å². The molecule has 0 aliphatic carbocycles. The number of ether oxygens (including phenoxy) is 7. The molecule has 68 heavy (non-hydrogen) atoms. The molecule has 2 fully saturated rings. The van der Waals surface area contributed by atoms with Crippen molar-refractivity contribution in [3.63, 3.8) is 0 Å². The van der Waals surface area contributed by atoms with Crippen LogP contribution in [0.4, 0.5) is 4.79 Å². The normalized spacial score (nSPS) is 20.6. The van der Waals surface area contributed by atoms with Crippen LogP contribution in [0.2, 0.25) is 0 Å². The fourth-order valence-corrected chi connectivity index (χ4v) is 9.03. The van der Waals surface area contributed by atoms with Crippen molar-refractivity contribution in [2.45, 2.75) is 69.2 Å². The third-order valence-corrected chi connectivity index (χ3v) is 12.5. The lowest BCUT2D eigenvalue weighted by Gasteiger charge is -2.37. The number of hydrogen-bond donors (Lipinski definition) is 2. The van der Waals surface area contributed by atoms with Gasteiger partial charge in [0.25, 0.3) is 11.1 Å². The number of benzene rings is 3. The third-order valence-electron chi connectivity index (χ3n) is 11.3. The molecule has 5 aromatic rings. The first-order valence-corrected chi connectivity index (χ1v) is 22.7. The highest BCUT2D eigenvalue weighted by atomic mass is 31.2. The molecule has 19 nitrogen and oxygen atoms in total. The first-order chi connectivity index (χ1) is 32.9. The molecule has 360 valence electrons. The lowest BCUT2D eigenvalue weighted by molar-refractivity contribution is -0.0941. The Labute approximate surface area is 391 Å². The van der Waals surface area contributed by atoms with Gasteiger partial charge in [-0.2, -0.15) is 0 Å². The second-order valence-corrected chi connectivity index (χ2v) is 16.9. The average Bonchev–Trinajstić information content (AvgIpc) is 3.95. The minimum Gasteiger partial charge on any atom is -0.497 e. The first-order valence-electron chi connectivity index (χ1n) is 21.6. The van der Waals surface area contributed by atoms with E-state index in [0.29, 0.717) is 11.5 Å². The van der Waals surface area contributed by atoms with Gasteiger partial charge in [-0.15, -0.1) is 6.58 Å². The standard InChI is InChI=1S/C48H53N4O15P/c1-7-22-60-47(57)66-37-24-41(51-26-30(3)43(53)49-45(51)55)65-40(37)29-63-68(62-23-8-2)67-38-25-42(52-27-31(4)44(54)50-46(52)56)64-39(38)28-61-48(32-12-10-9-11-13-32,33-14-18-35(58-5)19-15-33)34-16-20-36(59-6)21-17-34/h7-21,26-27,37-42H,1-2,22-25,28-29H2,3-6H3,(H,49,53,55)(H,50,54,56)/t37-,38-,39+,40+,41+,42+,68?/m0/s1. The number of aryl methyl sites for hydroxylation is 2. The zero-order chi connectivity index (χ0) is 48.4. The summed E-state index contributed by atoms with van der Waals surface area (Å²) in [5, 5.41) is 0. The Kier molecular flexibility index (Phi) is 16.4. The second kappa shape index (κ2) is 22.6. The Bertz CT molecular complexity index is 2710. The molecule has 0 amide bonds. The minimum absolute atomic E-state index is 0.00858. The van der Waals surface area contributed by atoms with Crippen LogP contribution in [-0.4, -0.2) is 90.3 Å². The summed E-state index contributed by atoms with van der Waals surface area (Å²) in [6.45, 7) is 9.92. The minimum atomic E-state index is -2.30. The molecule has 0 saturated carbocycles. The summed E-state index contributed by atoms with van der Waals surface area (Å²) in [6, 6.07) is 24.7. The molecule has 2 aliphatic rings. The van der Waals surface area contributed by atoms with Crippen LogP contribution in [0.15, 0.2) is 136 Å². The summed E-state index contributed by atoms with van der Waals surface area (Å²) in [4.78, 5) is 68.1. The number of H-pyrrole nitrogens is 2. The molecule has 7 rings (SSSR count). The van der Waals surface area contributed by atoms with E-state index >= 15 is 0 Å². The van der Waals surface area contributed by atoms with Crippen LogP contribution < -0.4 is 32.0 Å². The van der Waals surface area contributed by atoms with Crippen LogP contribution in [0.5, 0.6) is 11.5 Å². The van der Waals surface area contributed by atoms with Crippen molar-refractivity contribution in [2.24, 2.45) is 0 Å². The number of carbonyl (C=O) groups is 1. The predicted octanol–water partition coefficient (Wildman–Crippen LogP) is 5.84. The van der Waals surface area contributed by atoms with E-state index in [1.165, 1.54) is 40.6 Å². The Balaban J connectivity index is 1.21. The molecule has 0 bridgehead atoms. The molecular weight excluding hydrogens is 904 g/mol. The van der Waals surface area contributed by atoms with E-state index in [9.17, 15) is 24.0 Å². The molecule has 2 saturated heterocycles. The fraction of sp³-hybridized carbons (Fsp3) is 0.354. The molecule has 0 spiro atoms. The molecule has 7 atom stereocenters. The highest BCUT2D eigenvalue weighted by Crippen LogP contribution is 2.48. The van der Waals surface area contributed by atoms with Crippen LogP contribution in [-0.2, 0) is 42.9 Å². The number of rotatable bonds is 21. The summed E-state index contributed by atoms with van der Waals surface area (Å²) < 4.78 is 63.3. The van der Waals surface area contributed by atoms with Crippen molar-refractivity contribution in [3.8, 4) is 11.5 Å². The zero-order valence-corrected chi connectivity index (χ0v) is 38.8. The maximum atomic E-state index is 13.3. The summed E-state index contributed by atoms with van der Waals surface area (Å²) in [7, 11) is 0.870. The molecule has 2 N–H and O–H groups in total. The van der Waals surface area contributed by atoms with Gasteiger partial charge in [-0.1, -0.05) is 73.3 Å². The van der Waals surface area contributed by atoms with Crippen LogP contribution >= 0.6 is 8.60 Å². The fourth-order valence-electron chi connectivity index (χ4n) is 7.90. The predicted molar refractivity (Wildman–Crippen MR) is 248 cm³/mol. The molecule has 20 heteroatoms. The quantitative estimate of drug-likeness (QED) is 0.0382. The average molecular weight is 957 g/mol. The van der Waals surface area contributed by atoms with E-state index in [-0.39, 0.29) is 50.4 Å². The molecule has 2 aromatic heterocycles. The Morgan fingerprint density at radius 1 is 0.706 bits per heavy atom. The third kappa shape index (κ3) is 11.3. The monoisotopic (exact) mass is 956 g/mol. The zero-order valence-electron chi connectivity index (χ0n) is 37.9. The number of aromatic nitrogens is 4. The Hall–Kier alpha value is -6.44. The van der Waals surface area contributed by atoms with Crippen molar-refractivity contribution < 1.29 is 51.5 Å². The van der Waals surface area contributed by atoms with E-state index in [1.54, 1.807) is 21.1 Å². The maximum Gasteiger partial charge on any atom is 0.508 e. The van der Waals surface area contributed by atoms with Gasteiger partial charge in [0.2, 0.25) is 0 Å². The van der Waals surface area contributed by atoms with Gasteiger partial charge in [0.1, 0.15) is 54.5 Å².